The lowest BCUT2D eigenvalue weighted by Crippen LogP contribution is -2.40. The van der Waals surface area contributed by atoms with Crippen LogP contribution in [0, 0.1) is 6.92 Å². The molecule has 2 saturated heterocycles. The summed E-state index contributed by atoms with van der Waals surface area (Å²) in [5.74, 6) is 1.18. The number of ether oxygens (including phenoxy) is 1. The van der Waals surface area contributed by atoms with Crippen molar-refractivity contribution in [1.29, 1.82) is 0 Å². The summed E-state index contributed by atoms with van der Waals surface area (Å²) in [4.78, 5) is 38.5. The lowest BCUT2D eigenvalue weighted by Gasteiger charge is -2.32. The highest BCUT2D eigenvalue weighted by Crippen LogP contribution is 2.36. The normalized spacial score (nSPS) is 19.0. The third-order valence-electron chi connectivity index (χ3n) is 7.72. The number of benzene rings is 1. The average molecular weight is 531 g/mol. The monoisotopic (exact) mass is 530 g/mol. The van der Waals surface area contributed by atoms with Crippen LogP contribution in [0.2, 0.25) is 0 Å². The Balaban J connectivity index is 1.52. The van der Waals surface area contributed by atoms with Crippen LogP contribution < -0.4 is 10.1 Å². The van der Waals surface area contributed by atoms with Gasteiger partial charge in [-0.3, -0.25) is 24.8 Å². The molecule has 1 atom stereocenters. The van der Waals surface area contributed by atoms with Crippen molar-refractivity contribution in [2.75, 3.05) is 38.0 Å². The Kier molecular flexibility index (Phi) is 8.26. The summed E-state index contributed by atoms with van der Waals surface area (Å²) in [6.07, 6.45) is 8.35. The second-order valence-electron chi connectivity index (χ2n) is 10.6. The second kappa shape index (κ2) is 12.0. The Morgan fingerprint density at radius 2 is 1.97 bits per heavy atom. The molecular formula is C30H38N6O3. The van der Waals surface area contributed by atoms with E-state index in [0.29, 0.717) is 24.6 Å². The zero-order valence-corrected chi connectivity index (χ0v) is 22.9. The van der Waals surface area contributed by atoms with Crippen molar-refractivity contribution in [2.24, 2.45) is 0 Å². The van der Waals surface area contributed by atoms with Crippen LogP contribution in [0.25, 0.3) is 11.0 Å². The van der Waals surface area contributed by atoms with Crippen molar-refractivity contribution in [3.63, 3.8) is 0 Å². The molecule has 39 heavy (non-hydrogen) atoms. The highest BCUT2D eigenvalue weighted by molar-refractivity contribution is 6.04. The van der Waals surface area contributed by atoms with E-state index in [1.807, 2.05) is 36.1 Å². The van der Waals surface area contributed by atoms with Gasteiger partial charge in [0.25, 0.3) is 5.91 Å². The summed E-state index contributed by atoms with van der Waals surface area (Å²) in [6, 6.07) is 9.52. The van der Waals surface area contributed by atoms with Crippen LogP contribution >= 0.6 is 0 Å². The minimum atomic E-state index is -0.215. The van der Waals surface area contributed by atoms with Gasteiger partial charge in [-0.1, -0.05) is 18.6 Å². The second-order valence-corrected chi connectivity index (χ2v) is 10.6. The fourth-order valence-electron chi connectivity index (χ4n) is 5.74. The molecule has 0 spiro atoms. The standard InChI is InChI=1S/C30H38N6O3/c1-4-15-34-16-6-5-8-24(20-34)36-28-26(32-30(36)33-29(38)23-11-14-31-21(2)19-23)9-7-10-27(28)39-25-12-17-35(18-13-25)22(3)37/h4,7,9-11,14,19,24-25H,1,5-6,8,12-13,15-18,20H2,2-3H3,(H,32,33,38). The van der Waals surface area contributed by atoms with E-state index in [4.69, 9.17) is 9.72 Å². The van der Waals surface area contributed by atoms with Crippen LogP contribution in [0.5, 0.6) is 5.75 Å². The lowest BCUT2D eigenvalue weighted by atomic mass is 10.1. The Hall–Kier alpha value is -3.72. The van der Waals surface area contributed by atoms with Gasteiger partial charge in [0.1, 0.15) is 17.4 Å². The number of hydrogen-bond acceptors (Lipinski definition) is 6. The number of rotatable bonds is 7. The van der Waals surface area contributed by atoms with E-state index in [0.717, 1.165) is 74.2 Å². The summed E-state index contributed by atoms with van der Waals surface area (Å²) >= 11 is 0. The minimum absolute atomic E-state index is 0.0128. The van der Waals surface area contributed by atoms with E-state index in [1.165, 1.54) is 0 Å². The molecule has 2 aliphatic heterocycles. The Labute approximate surface area is 229 Å². The van der Waals surface area contributed by atoms with Crippen molar-refractivity contribution < 1.29 is 14.3 Å². The number of piperidine rings is 1. The van der Waals surface area contributed by atoms with Crippen molar-refractivity contribution >= 4 is 28.8 Å². The predicted octanol–water partition coefficient (Wildman–Crippen LogP) is 4.59. The topological polar surface area (TPSA) is 92.6 Å². The van der Waals surface area contributed by atoms with Crippen LogP contribution in [0.4, 0.5) is 5.95 Å². The summed E-state index contributed by atoms with van der Waals surface area (Å²) in [7, 11) is 0. The van der Waals surface area contributed by atoms with Crippen molar-refractivity contribution in [3.8, 4) is 5.75 Å². The maximum Gasteiger partial charge on any atom is 0.258 e. The molecule has 9 nitrogen and oxygen atoms in total. The zero-order chi connectivity index (χ0) is 27.4. The van der Waals surface area contributed by atoms with E-state index in [9.17, 15) is 9.59 Å². The van der Waals surface area contributed by atoms with E-state index >= 15 is 0 Å². The van der Waals surface area contributed by atoms with Crippen LogP contribution in [0.15, 0.2) is 49.2 Å². The first-order valence-corrected chi connectivity index (χ1v) is 13.9. The lowest BCUT2D eigenvalue weighted by molar-refractivity contribution is -0.130. The summed E-state index contributed by atoms with van der Waals surface area (Å²) in [5.41, 5.74) is 3.02. The molecule has 0 aliphatic carbocycles. The molecule has 2 aromatic heterocycles. The SMILES string of the molecule is C=CCN1CCCCC(n2c(NC(=O)c3ccnc(C)c3)nc3cccc(OC4CCN(C(C)=O)CC4)c32)C1. The highest BCUT2D eigenvalue weighted by Gasteiger charge is 2.28. The van der Waals surface area contributed by atoms with Gasteiger partial charge in [-0.05, 0) is 50.6 Å². The molecule has 2 aliphatic rings. The maximum atomic E-state index is 13.3. The number of fused-ring (bicyclic) bond motifs is 1. The molecule has 0 bridgehead atoms. The van der Waals surface area contributed by atoms with E-state index < -0.39 is 0 Å². The van der Waals surface area contributed by atoms with Crippen LogP contribution in [0.1, 0.15) is 61.1 Å². The van der Waals surface area contributed by atoms with Crippen molar-refractivity contribution in [3.05, 3.63) is 60.4 Å². The first-order valence-electron chi connectivity index (χ1n) is 13.9. The number of aromatic nitrogens is 3. The zero-order valence-electron chi connectivity index (χ0n) is 22.9. The number of aryl methyl sites for hydroxylation is 1. The number of carbonyl (C=O) groups excluding carboxylic acids is 2. The molecule has 2 fully saturated rings. The van der Waals surface area contributed by atoms with Gasteiger partial charge in [0.2, 0.25) is 11.9 Å². The van der Waals surface area contributed by atoms with Crippen LogP contribution in [-0.4, -0.2) is 75.0 Å². The third kappa shape index (κ3) is 6.14. The molecule has 0 radical (unpaired) electrons. The molecule has 2 amide bonds. The molecule has 1 unspecified atom stereocenters. The molecule has 206 valence electrons. The first-order chi connectivity index (χ1) is 18.9. The summed E-state index contributed by atoms with van der Waals surface area (Å²) < 4.78 is 8.79. The van der Waals surface area contributed by atoms with Gasteiger partial charge in [-0.25, -0.2) is 4.98 Å². The van der Waals surface area contributed by atoms with Crippen LogP contribution in [0.3, 0.4) is 0 Å². The number of hydrogen-bond donors (Lipinski definition) is 1. The van der Waals surface area contributed by atoms with Gasteiger partial charge in [-0.15, -0.1) is 6.58 Å². The quantitative estimate of drug-likeness (QED) is 0.449. The van der Waals surface area contributed by atoms with Crippen LogP contribution in [-0.2, 0) is 4.79 Å². The maximum absolute atomic E-state index is 13.3. The largest absolute Gasteiger partial charge is 0.488 e. The molecular weight excluding hydrogens is 492 g/mol. The molecule has 0 saturated carbocycles. The van der Waals surface area contributed by atoms with E-state index in [-0.39, 0.29) is 24.0 Å². The van der Waals surface area contributed by atoms with Gasteiger partial charge in [0, 0.05) is 69.4 Å². The Bertz CT molecular complexity index is 1340. The molecule has 4 heterocycles. The number of nitrogens with zero attached hydrogens (tertiary/aromatic N) is 5. The van der Waals surface area contributed by atoms with Gasteiger partial charge >= 0.3 is 0 Å². The summed E-state index contributed by atoms with van der Waals surface area (Å²) in [5, 5.41) is 3.10. The number of para-hydroxylation sites is 1. The van der Waals surface area contributed by atoms with Gasteiger partial charge in [0.05, 0.1) is 5.52 Å². The number of anilines is 1. The number of carbonyl (C=O) groups is 2. The molecule has 9 heteroatoms. The predicted molar refractivity (Wildman–Crippen MR) is 152 cm³/mol. The Morgan fingerprint density at radius 3 is 2.72 bits per heavy atom. The summed E-state index contributed by atoms with van der Waals surface area (Å²) in [6.45, 7) is 11.5. The average Bonchev–Trinajstić information content (AvgIpc) is 3.13. The number of likely N-dealkylation sites (tertiary alicyclic amines) is 2. The number of pyridine rings is 1. The molecule has 1 N–H and O–H groups in total. The van der Waals surface area contributed by atoms with Crippen molar-refractivity contribution in [1.82, 2.24) is 24.3 Å². The van der Waals surface area contributed by atoms with Crippen molar-refractivity contribution in [2.45, 2.75) is 58.1 Å². The fraction of sp³-hybridized carbons (Fsp3) is 0.467. The fourth-order valence-corrected chi connectivity index (χ4v) is 5.74. The third-order valence-corrected chi connectivity index (χ3v) is 7.72. The van der Waals surface area contributed by atoms with Gasteiger partial charge < -0.3 is 14.2 Å². The minimum Gasteiger partial charge on any atom is -0.488 e. The number of amides is 2. The molecule has 3 aromatic rings. The highest BCUT2D eigenvalue weighted by atomic mass is 16.5. The first kappa shape index (κ1) is 26.9. The van der Waals surface area contributed by atoms with Gasteiger partial charge in [-0.2, -0.15) is 0 Å². The van der Waals surface area contributed by atoms with E-state index in [1.54, 1.807) is 25.3 Å². The molecule has 1 aromatic carbocycles. The number of imidazole rings is 1. The molecule has 5 rings (SSSR count). The Morgan fingerprint density at radius 1 is 1.15 bits per heavy atom. The number of nitrogens with one attached hydrogen (secondary N) is 1. The van der Waals surface area contributed by atoms with Gasteiger partial charge in [0.15, 0.2) is 0 Å². The smallest absolute Gasteiger partial charge is 0.258 e. The van der Waals surface area contributed by atoms with E-state index in [2.05, 4.69) is 26.3 Å².